The summed E-state index contributed by atoms with van der Waals surface area (Å²) < 4.78 is 4.72. The van der Waals surface area contributed by atoms with Crippen LogP contribution < -0.4 is 10.8 Å². The van der Waals surface area contributed by atoms with Crippen molar-refractivity contribution < 1.29 is 19.2 Å². The summed E-state index contributed by atoms with van der Waals surface area (Å²) in [4.78, 5) is 27.4. The molecule has 1 aromatic carbocycles. The molecule has 1 aromatic rings. The van der Waals surface area contributed by atoms with Gasteiger partial charge in [-0.1, -0.05) is 18.2 Å². The van der Waals surface area contributed by atoms with E-state index in [-0.39, 0.29) is 6.61 Å². The number of nitrogens with one attached hydrogen (secondary N) is 2. The molecule has 0 saturated heterocycles. The molecule has 2 amide bonds. The summed E-state index contributed by atoms with van der Waals surface area (Å²) in [7, 11) is 0. The van der Waals surface area contributed by atoms with Crippen LogP contribution >= 0.6 is 0 Å². The van der Waals surface area contributed by atoms with Crippen LogP contribution in [-0.4, -0.2) is 24.7 Å². The Bertz CT molecular complexity index is 394. The van der Waals surface area contributed by atoms with Crippen LogP contribution in [-0.2, 0) is 14.4 Å². The minimum Gasteiger partial charge on any atom is -0.464 e. The highest BCUT2D eigenvalue weighted by Gasteiger charge is 2.15. The molecule has 0 radical (unpaired) electrons. The van der Waals surface area contributed by atoms with Gasteiger partial charge in [-0.25, -0.2) is 15.1 Å². The maximum absolute atomic E-state index is 11.4. The van der Waals surface area contributed by atoms with Crippen molar-refractivity contribution in [1.29, 1.82) is 0 Å². The number of anilines is 1. The van der Waals surface area contributed by atoms with Crippen molar-refractivity contribution in [2.45, 2.75) is 20.0 Å². The lowest BCUT2D eigenvalue weighted by Crippen LogP contribution is -2.36. The third kappa shape index (κ3) is 4.84. The number of carbonyl (C=O) groups excluding carboxylic acids is 2. The van der Waals surface area contributed by atoms with Gasteiger partial charge in [0.25, 0.3) is 0 Å². The summed E-state index contributed by atoms with van der Waals surface area (Å²) in [6.07, 6.45) is -0.855. The van der Waals surface area contributed by atoms with E-state index in [2.05, 4.69) is 10.8 Å². The first-order chi connectivity index (χ1) is 8.63. The molecule has 6 nitrogen and oxygen atoms in total. The van der Waals surface area contributed by atoms with Gasteiger partial charge in [0.15, 0.2) is 6.10 Å². The Kier molecular flexibility index (Phi) is 5.66. The van der Waals surface area contributed by atoms with Gasteiger partial charge in [-0.05, 0) is 26.0 Å². The van der Waals surface area contributed by atoms with E-state index >= 15 is 0 Å². The standard InChI is InChI=1S/C12H16N2O4/c1-3-17-11(15)9(2)18-14-12(16)13-10-7-5-4-6-8-10/h4-9H,3H2,1-2H3,(H2,13,14,16). The zero-order valence-electron chi connectivity index (χ0n) is 10.3. The van der Waals surface area contributed by atoms with Crippen molar-refractivity contribution in [3.63, 3.8) is 0 Å². The van der Waals surface area contributed by atoms with Gasteiger partial charge in [0, 0.05) is 5.69 Å². The number of hydrogen-bond acceptors (Lipinski definition) is 4. The molecule has 0 fully saturated rings. The Balaban J connectivity index is 2.31. The van der Waals surface area contributed by atoms with Crippen molar-refractivity contribution in [1.82, 2.24) is 5.48 Å². The maximum atomic E-state index is 11.4. The van der Waals surface area contributed by atoms with E-state index in [9.17, 15) is 9.59 Å². The summed E-state index contributed by atoms with van der Waals surface area (Å²) in [5.74, 6) is -0.530. The van der Waals surface area contributed by atoms with Gasteiger partial charge >= 0.3 is 12.0 Å². The average molecular weight is 252 g/mol. The van der Waals surface area contributed by atoms with Crippen LogP contribution in [0.2, 0.25) is 0 Å². The van der Waals surface area contributed by atoms with E-state index in [1.165, 1.54) is 6.92 Å². The first kappa shape index (κ1) is 14.0. The summed E-state index contributed by atoms with van der Waals surface area (Å²) in [5, 5.41) is 2.54. The van der Waals surface area contributed by atoms with Gasteiger partial charge in [-0.15, -0.1) is 0 Å². The number of ether oxygens (including phenoxy) is 1. The largest absolute Gasteiger partial charge is 0.464 e. The first-order valence-electron chi connectivity index (χ1n) is 5.57. The molecule has 0 saturated carbocycles. The number of hydrogen-bond donors (Lipinski definition) is 2. The number of rotatable bonds is 5. The van der Waals surface area contributed by atoms with E-state index in [1.807, 2.05) is 6.07 Å². The Morgan fingerprint density at radius 1 is 1.28 bits per heavy atom. The van der Waals surface area contributed by atoms with Gasteiger partial charge < -0.3 is 10.1 Å². The molecule has 98 valence electrons. The average Bonchev–Trinajstić information content (AvgIpc) is 2.37. The molecule has 0 heterocycles. The number of carbonyl (C=O) groups is 2. The predicted molar refractivity (Wildman–Crippen MR) is 65.8 cm³/mol. The zero-order chi connectivity index (χ0) is 13.4. The number of urea groups is 1. The van der Waals surface area contributed by atoms with Crippen molar-refractivity contribution in [2.75, 3.05) is 11.9 Å². The molecule has 0 aromatic heterocycles. The Morgan fingerprint density at radius 2 is 1.94 bits per heavy atom. The highest BCUT2D eigenvalue weighted by Crippen LogP contribution is 2.04. The van der Waals surface area contributed by atoms with Crippen LogP contribution in [0.3, 0.4) is 0 Å². The highest BCUT2D eigenvalue weighted by atomic mass is 16.7. The van der Waals surface area contributed by atoms with Crippen molar-refractivity contribution >= 4 is 17.7 Å². The van der Waals surface area contributed by atoms with Gasteiger partial charge in [0.1, 0.15) is 0 Å². The fourth-order valence-electron chi connectivity index (χ4n) is 1.13. The molecule has 0 aliphatic rings. The van der Waals surface area contributed by atoms with Gasteiger partial charge in [0.05, 0.1) is 6.61 Å². The molecular weight excluding hydrogens is 236 g/mol. The van der Waals surface area contributed by atoms with Gasteiger partial charge in [-0.3, -0.25) is 4.84 Å². The second-order valence-corrected chi connectivity index (χ2v) is 3.43. The van der Waals surface area contributed by atoms with Crippen LogP contribution in [0.5, 0.6) is 0 Å². The van der Waals surface area contributed by atoms with Crippen LogP contribution in [0, 0.1) is 0 Å². The fourth-order valence-corrected chi connectivity index (χ4v) is 1.13. The molecular formula is C12H16N2O4. The lowest BCUT2D eigenvalue weighted by Gasteiger charge is -2.12. The first-order valence-corrected chi connectivity index (χ1v) is 5.57. The van der Waals surface area contributed by atoms with E-state index in [1.54, 1.807) is 31.2 Å². The molecule has 2 N–H and O–H groups in total. The fraction of sp³-hybridized carbons (Fsp3) is 0.333. The van der Waals surface area contributed by atoms with Crippen LogP contribution in [0.15, 0.2) is 30.3 Å². The van der Waals surface area contributed by atoms with Crippen LogP contribution in [0.25, 0.3) is 0 Å². The van der Waals surface area contributed by atoms with Crippen molar-refractivity contribution in [3.8, 4) is 0 Å². The third-order valence-corrected chi connectivity index (χ3v) is 1.98. The van der Waals surface area contributed by atoms with Crippen LogP contribution in [0.1, 0.15) is 13.8 Å². The molecule has 0 aliphatic carbocycles. The lowest BCUT2D eigenvalue weighted by atomic mass is 10.3. The van der Waals surface area contributed by atoms with Gasteiger partial charge in [-0.2, -0.15) is 0 Å². The minimum absolute atomic E-state index is 0.267. The normalized spacial score (nSPS) is 11.4. The molecule has 0 spiro atoms. The third-order valence-electron chi connectivity index (χ3n) is 1.98. The Labute approximate surface area is 105 Å². The van der Waals surface area contributed by atoms with E-state index in [0.29, 0.717) is 5.69 Å². The molecule has 1 atom stereocenters. The molecule has 1 unspecified atom stereocenters. The molecule has 0 bridgehead atoms. The maximum Gasteiger partial charge on any atom is 0.343 e. The topological polar surface area (TPSA) is 76.7 Å². The molecule has 18 heavy (non-hydrogen) atoms. The lowest BCUT2D eigenvalue weighted by molar-refractivity contribution is -0.158. The number of benzene rings is 1. The summed E-state index contributed by atoms with van der Waals surface area (Å²) in [5.41, 5.74) is 2.75. The van der Waals surface area contributed by atoms with Gasteiger partial charge in [0.2, 0.25) is 0 Å². The predicted octanol–water partition coefficient (Wildman–Crippen LogP) is 1.69. The van der Waals surface area contributed by atoms with Crippen molar-refractivity contribution in [2.24, 2.45) is 0 Å². The number of hydroxylamine groups is 1. The smallest absolute Gasteiger partial charge is 0.343 e. The van der Waals surface area contributed by atoms with Crippen LogP contribution in [0.4, 0.5) is 10.5 Å². The number of para-hydroxylation sites is 1. The molecule has 1 rings (SSSR count). The molecule has 6 heteroatoms. The Morgan fingerprint density at radius 3 is 2.56 bits per heavy atom. The highest BCUT2D eigenvalue weighted by molar-refractivity contribution is 5.88. The minimum atomic E-state index is -0.855. The zero-order valence-corrected chi connectivity index (χ0v) is 10.3. The summed E-state index contributed by atoms with van der Waals surface area (Å²) >= 11 is 0. The van der Waals surface area contributed by atoms with E-state index in [0.717, 1.165) is 0 Å². The van der Waals surface area contributed by atoms with E-state index < -0.39 is 18.1 Å². The van der Waals surface area contributed by atoms with Crippen molar-refractivity contribution in [3.05, 3.63) is 30.3 Å². The molecule has 0 aliphatic heterocycles. The monoisotopic (exact) mass is 252 g/mol. The Hall–Kier alpha value is -2.08. The second-order valence-electron chi connectivity index (χ2n) is 3.43. The number of esters is 1. The summed E-state index contributed by atoms with van der Waals surface area (Å²) in [6.45, 7) is 3.45. The van der Waals surface area contributed by atoms with E-state index in [4.69, 9.17) is 9.57 Å². The summed E-state index contributed by atoms with van der Waals surface area (Å²) in [6, 6.07) is 8.32. The number of amides is 2. The SMILES string of the molecule is CCOC(=O)C(C)ONC(=O)Nc1ccccc1. The quantitative estimate of drug-likeness (QED) is 0.617. The second kappa shape index (κ2) is 7.29.